The number of carbonyl (C=O) groups excluding carboxylic acids is 1. The standard InChI is InChI=1S/C26H28ClFN4O3/c1-30-25(26(34)32-22-5-3-4-21(28)20(22)12-11-19(29)15-33)24(16-6-9-18(27)10-7-16)17-8-13-23(35-2)31-14-17/h3-10,13-14,19,24-25,33H,1,11-12,15,29H2,2H3,(H,32,34)/t19-,24-,25-/m0/s1. The van der Waals surface area contributed by atoms with Gasteiger partial charge in [-0.3, -0.25) is 9.79 Å². The predicted molar refractivity (Wildman–Crippen MR) is 136 cm³/mol. The number of pyridine rings is 1. The molecule has 3 rings (SSSR count). The second-order valence-electron chi connectivity index (χ2n) is 8.03. The maximum atomic E-state index is 14.6. The van der Waals surface area contributed by atoms with Crippen molar-refractivity contribution in [1.82, 2.24) is 4.98 Å². The fourth-order valence-corrected chi connectivity index (χ4v) is 3.95. The van der Waals surface area contributed by atoms with Crippen molar-refractivity contribution in [1.29, 1.82) is 0 Å². The highest BCUT2D eigenvalue weighted by atomic mass is 35.5. The van der Waals surface area contributed by atoms with E-state index in [4.69, 9.17) is 22.1 Å². The first-order valence-corrected chi connectivity index (χ1v) is 11.4. The third kappa shape index (κ3) is 6.63. The lowest BCUT2D eigenvalue weighted by Gasteiger charge is -2.25. The zero-order valence-electron chi connectivity index (χ0n) is 19.3. The minimum absolute atomic E-state index is 0.211. The number of anilines is 1. The van der Waals surface area contributed by atoms with Crippen LogP contribution >= 0.6 is 11.6 Å². The van der Waals surface area contributed by atoms with E-state index in [1.807, 2.05) is 12.1 Å². The summed E-state index contributed by atoms with van der Waals surface area (Å²) >= 11 is 6.08. The Hall–Kier alpha value is -3.33. The van der Waals surface area contributed by atoms with Crippen LogP contribution in [0.5, 0.6) is 5.88 Å². The predicted octanol–water partition coefficient (Wildman–Crippen LogP) is 3.97. The SMILES string of the molecule is C=N[C@H](C(=O)Nc1cccc(F)c1CC[C@H](N)CO)[C@@H](c1ccc(Cl)cc1)c1ccc(OC)nc1. The van der Waals surface area contributed by atoms with Crippen LogP contribution < -0.4 is 15.8 Å². The van der Waals surface area contributed by atoms with E-state index >= 15 is 0 Å². The number of nitrogens with one attached hydrogen (secondary N) is 1. The molecule has 184 valence electrons. The average molecular weight is 499 g/mol. The van der Waals surface area contributed by atoms with Gasteiger partial charge in [-0.05, 0) is 55.0 Å². The molecule has 9 heteroatoms. The van der Waals surface area contributed by atoms with E-state index in [0.29, 0.717) is 34.1 Å². The first-order valence-electron chi connectivity index (χ1n) is 11.0. The summed E-state index contributed by atoms with van der Waals surface area (Å²) in [6, 6.07) is 13.6. The highest BCUT2D eigenvalue weighted by molar-refractivity contribution is 6.30. The van der Waals surface area contributed by atoms with Gasteiger partial charge in [-0.25, -0.2) is 9.37 Å². The summed E-state index contributed by atoms with van der Waals surface area (Å²) in [6.07, 6.45) is 2.22. The van der Waals surface area contributed by atoms with Crippen molar-refractivity contribution in [3.05, 3.63) is 88.3 Å². The van der Waals surface area contributed by atoms with Crippen LogP contribution in [-0.2, 0) is 11.2 Å². The molecule has 1 amide bonds. The molecule has 0 aliphatic rings. The summed E-state index contributed by atoms with van der Waals surface area (Å²) in [7, 11) is 1.52. The minimum Gasteiger partial charge on any atom is -0.481 e. The molecule has 0 fully saturated rings. The molecule has 35 heavy (non-hydrogen) atoms. The highest BCUT2D eigenvalue weighted by Crippen LogP contribution is 2.32. The molecule has 4 N–H and O–H groups in total. The maximum Gasteiger partial charge on any atom is 0.250 e. The van der Waals surface area contributed by atoms with Crippen LogP contribution in [0, 0.1) is 5.82 Å². The minimum atomic E-state index is -0.956. The molecule has 2 aromatic carbocycles. The van der Waals surface area contributed by atoms with Crippen LogP contribution in [0.4, 0.5) is 10.1 Å². The Kier molecular flexibility index (Phi) is 9.31. The topological polar surface area (TPSA) is 110 Å². The van der Waals surface area contributed by atoms with Crippen LogP contribution in [0.2, 0.25) is 5.02 Å². The summed E-state index contributed by atoms with van der Waals surface area (Å²) in [4.78, 5) is 21.9. The number of halogens is 2. The number of hydrogen-bond acceptors (Lipinski definition) is 6. The van der Waals surface area contributed by atoms with E-state index in [-0.39, 0.29) is 13.0 Å². The van der Waals surface area contributed by atoms with E-state index in [1.165, 1.54) is 19.2 Å². The molecular formula is C26H28ClFN4O3. The Bertz CT molecular complexity index is 1140. The summed E-state index contributed by atoms with van der Waals surface area (Å²) in [5.41, 5.74) is 7.90. The Morgan fingerprint density at radius 1 is 1.23 bits per heavy atom. The van der Waals surface area contributed by atoms with Gasteiger partial charge in [0.25, 0.3) is 0 Å². The number of nitrogens with two attached hydrogens (primary N) is 1. The molecule has 0 saturated carbocycles. The van der Waals surface area contributed by atoms with Crippen LogP contribution in [0.25, 0.3) is 0 Å². The van der Waals surface area contributed by atoms with Gasteiger partial charge in [0, 0.05) is 40.5 Å². The lowest BCUT2D eigenvalue weighted by atomic mass is 9.85. The number of aliphatic imine (C=N–C) groups is 1. The number of aromatic nitrogens is 1. The number of aliphatic hydroxyl groups excluding tert-OH is 1. The van der Waals surface area contributed by atoms with Crippen LogP contribution in [0.15, 0.2) is 65.8 Å². The zero-order valence-corrected chi connectivity index (χ0v) is 20.1. The number of hydrogen-bond donors (Lipinski definition) is 3. The Labute approximate surface area is 208 Å². The molecule has 1 aromatic heterocycles. The number of aliphatic hydroxyl groups is 1. The summed E-state index contributed by atoms with van der Waals surface area (Å²) in [6.45, 7) is 3.45. The van der Waals surface area contributed by atoms with Gasteiger partial charge >= 0.3 is 0 Å². The molecule has 0 bridgehead atoms. The first kappa shape index (κ1) is 26.3. The van der Waals surface area contributed by atoms with Crippen molar-refractivity contribution in [3.63, 3.8) is 0 Å². The summed E-state index contributed by atoms with van der Waals surface area (Å²) < 4.78 is 19.8. The molecule has 3 aromatic rings. The van der Waals surface area contributed by atoms with E-state index in [9.17, 15) is 14.3 Å². The Morgan fingerprint density at radius 3 is 2.54 bits per heavy atom. The number of amides is 1. The molecule has 0 unspecified atom stereocenters. The number of rotatable bonds is 11. The van der Waals surface area contributed by atoms with Crippen molar-refractivity contribution in [2.24, 2.45) is 10.7 Å². The van der Waals surface area contributed by atoms with E-state index in [0.717, 1.165) is 5.56 Å². The van der Waals surface area contributed by atoms with Crippen molar-refractivity contribution in [3.8, 4) is 5.88 Å². The van der Waals surface area contributed by atoms with Crippen molar-refractivity contribution in [2.75, 3.05) is 19.0 Å². The normalized spacial score (nSPS) is 13.5. The number of carbonyl (C=O) groups is 1. The Morgan fingerprint density at radius 2 is 1.94 bits per heavy atom. The largest absolute Gasteiger partial charge is 0.481 e. The number of ether oxygens (including phenoxy) is 1. The van der Waals surface area contributed by atoms with Gasteiger partial charge in [0.15, 0.2) is 0 Å². The van der Waals surface area contributed by atoms with Gasteiger partial charge < -0.3 is 20.9 Å². The van der Waals surface area contributed by atoms with Crippen molar-refractivity contribution in [2.45, 2.75) is 30.8 Å². The molecular weight excluding hydrogens is 471 g/mol. The van der Waals surface area contributed by atoms with Gasteiger partial charge in [-0.15, -0.1) is 0 Å². The number of nitrogens with zero attached hydrogens (tertiary/aromatic N) is 2. The number of methoxy groups -OCH3 is 1. The van der Waals surface area contributed by atoms with Gasteiger partial charge in [0.1, 0.15) is 11.9 Å². The fraction of sp³-hybridized carbons (Fsp3) is 0.269. The van der Waals surface area contributed by atoms with Crippen molar-refractivity contribution < 1.29 is 19.0 Å². The summed E-state index contributed by atoms with van der Waals surface area (Å²) in [5, 5.41) is 12.6. The Balaban J connectivity index is 1.95. The third-order valence-electron chi connectivity index (χ3n) is 5.71. The van der Waals surface area contributed by atoms with Gasteiger partial charge in [0.05, 0.1) is 13.7 Å². The molecule has 0 aliphatic carbocycles. The van der Waals surface area contributed by atoms with Crippen LogP contribution in [-0.4, -0.2) is 48.5 Å². The van der Waals surface area contributed by atoms with E-state index < -0.39 is 29.7 Å². The van der Waals surface area contributed by atoms with Gasteiger partial charge in [-0.2, -0.15) is 0 Å². The molecule has 0 saturated heterocycles. The smallest absolute Gasteiger partial charge is 0.250 e. The van der Waals surface area contributed by atoms with E-state index in [2.05, 4.69) is 22.0 Å². The first-order chi connectivity index (χ1) is 16.9. The molecule has 0 radical (unpaired) electrons. The zero-order chi connectivity index (χ0) is 25.4. The lowest BCUT2D eigenvalue weighted by Crippen LogP contribution is -2.33. The van der Waals surface area contributed by atoms with Gasteiger partial charge in [-0.1, -0.05) is 35.9 Å². The lowest BCUT2D eigenvalue weighted by molar-refractivity contribution is -0.117. The van der Waals surface area contributed by atoms with E-state index in [1.54, 1.807) is 36.5 Å². The van der Waals surface area contributed by atoms with Crippen molar-refractivity contribution >= 4 is 29.9 Å². The van der Waals surface area contributed by atoms with Crippen LogP contribution in [0.1, 0.15) is 29.0 Å². The molecule has 0 spiro atoms. The summed E-state index contributed by atoms with van der Waals surface area (Å²) in [5.74, 6) is -1.04. The monoisotopic (exact) mass is 498 g/mol. The van der Waals surface area contributed by atoms with Crippen LogP contribution in [0.3, 0.4) is 0 Å². The second-order valence-corrected chi connectivity index (χ2v) is 8.46. The molecule has 3 atom stereocenters. The maximum absolute atomic E-state index is 14.6. The molecule has 0 aliphatic heterocycles. The number of benzene rings is 2. The molecule has 7 nitrogen and oxygen atoms in total. The van der Waals surface area contributed by atoms with Gasteiger partial charge in [0.2, 0.25) is 11.8 Å². The third-order valence-corrected chi connectivity index (χ3v) is 5.97. The second kappa shape index (κ2) is 12.4. The quantitative estimate of drug-likeness (QED) is 0.346. The highest BCUT2D eigenvalue weighted by Gasteiger charge is 2.31. The molecule has 1 heterocycles. The average Bonchev–Trinajstić information content (AvgIpc) is 2.87. The fourth-order valence-electron chi connectivity index (χ4n) is 3.82.